The van der Waals surface area contributed by atoms with Gasteiger partial charge in [0, 0.05) is 6.42 Å². The van der Waals surface area contributed by atoms with Crippen molar-refractivity contribution in [2.45, 2.75) is 37.9 Å². The Morgan fingerprint density at radius 1 is 1.29 bits per heavy atom. The fourth-order valence-electron chi connectivity index (χ4n) is 1.95. The van der Waals surface area contributed by atoms with Gasteiger partial charge in [0.2, 0.25) is 0 Å². The molecule has 1 heterocycles. The molecule has 0 spiro atoms. The highest BCUT2D eigenvalue weighted by Crippen LogP contribution is 2.22. The van der Waals surface area contributed by atoms with E-state index in [4.69, 9.17) is 9.47 Å². The monoisotopic (exact) mass is 240 g/mol. The zero-order valence-corrected chi connectivity index (χ0v) is 9.59. The van der Waals surface area contributed by atoms with E-state index in [1.54, 1.807) is 0 Å². The average molecular weight is 240 g/mol. The predicted molar refractivity (Wildman–Crippen MR) is 61.1 cm³/mol. The minimum Gasteiger partial charge on any atom is -0.371 e. The van der Waals surface area contributed by atoms with Gasteiger partial charge in [-0.15, -0.1) is 0 Å². The van der Waals surface area contributed by atoms with Crippen molar-refractivity contribution in [1.82, 2.24) is 0 Å². The van der Waals surface area contributed by atoms with Gasteiger partial charge in [-0.25, -0.2) is 4.39 Å². The smallest absolute Gasteiger partial charge is 0.155 e. The van der Waals surface area contributed by atoms with Crippen LogP contribution in [-0.4, -0.2) is 30.3 Å². The molecular weight excluding hydrogens is 223 g/mol. The molecule has 4 heteroatoms. The second-order valence-corrected chi connectivity index (χ2v) is 4.20. The topological polar surface area (TPSA) is 38.7 Å². The van der Waals surface area contributed by atoms with E-state index in [0.29, 0.717) is 19.4 Å². The Hall–Kier alpha value is -0.970. The molecule has 1 aromatic carbocycles. The largest absolute Gasteiger partial charge is 0.371 e. The highest BCUT2D eigenvalue weighted by molar-refractivity contribution is 5.13. The van der Waals surface area contributed by atoms with Crippen molar-refractivity contribution in [3.8, 4) is 0 Å². The molecule has 0 unspecified atom stereocenters. The van der Waals surface area contributed by atoms with Crippen LogP contribution in [0.3, 0.4) is 0 Å². The van der Waals surface area contributed by atoms with Crippen molar-refractivity contribution < 1.29 is 19.0 Å². The molecule has 1 fully saturated rings. The lowest BCUT2D eigenvalue weighted by molar-refractivity contribution is -0.214. The Kier molecular flexibility index (Phi) is 4.48. The van der Waals surface area contributed by atoms with Crippen molar-refractivity contribution >= 4 is 0 Å². The van der Waals surface area contributed by atoms with Gasteiger partial charge in [-0.1, -0.05) is 30.3 Å². The van der Waals surface area contributed by atoms with E-state index in [9.17, 15) is 9.50 Å². The van der Waals surface area contributed by atoms with E-state index in [1.165, 1.54) is 0 Å². The zero-order chi connectivity index (χ0) is 12.1. The Morgan fingerprint density at radius 3 is 2.76 bits per heavy atom. The van der Waals surface area contributed by atoms with Crippen molar-refractivity contribution in [3.63, 3.8) is 0 Å². The van der Waals surface area contributed by atoms with Crippen LogP contribution in [0.4, 0.5) is 4.39 Å². The standard InChI is InChI=1S/C13H17FO3/c14-8-12-11(6-7-13(15)17-12)16-9-10-4-2-1-3-5-10/h1-5,11-13,15H,6-9H2/t11-,12+,13-/m1/s1. The van der Waals surface area contributed by atoms with E-state index >= 15 is 0 Å². The van der Waals surface area contributed by atoms with Gasteiger partial charge < -0.3 is 14.6 Å². The van der Waals surface area contributed by atoms with Crippen LogP contribution < -0.4 is 0 Å². The maximum absolute atomic E-state index is 12.7. The number of ether oxygens (including phenoxy) is 2. The van der Waals surface area contributed by atoms with E-state index in [2.05, 4.69) is 0 Å². The van der Waals surface area contributed by atoms with Crippen LogP contribution in [0.2, 0.25) is 0 Å². The summed E-state index contributed by atoms with van der Waals surface area (Å²) >= 11 is 0. The molecule has 0 aliphatic carbocycles. The molecule has 3 atom stereocenters. The van der Waals surface area contributed by atoms with Crippen LogP contribution in [0, 0.1) is 0 Å². The number of alkyl halides is 1. The summed E-state index contributed by atoms with van der Waals surface area (Å²) in [5, 5.41) is 9.27. The first-order valence-corrected chi connectivity index (χ1v) is 5.84. The van der Waals surface area contributed by atoms with Crippen LogP contribution in [-0.2, 0) is 16.1 Å². The second kappa shape index (κ2) is 6.10. The molecule has 1 aliphatic rings. The summed E-state index contributed by atoms with van der Waals surface area (Å²) in [6.07, 6.45) is -0.656. The van der Waals surface area contributed by atoms with Gasteiger partial charge in [0.1, 0.15) is 12.8 Å². The number of rotatable bonds is 4. The lowest BCUT2D eigenvalue weighted by Gasteiger charge is -2.32. The third-order valence-corrected chi connectivity index (χ3v) is 2.90. The highest BCUT2D eigenvalue weighted by Gasteiger charge is 2.31. The molecule has 0 saturated carbocycles. The van der Waals surface area contributed by atoms with E-state index in [-0.39, 0.29) is 6.10 Å². The molecule has 3 nitrogen and oxygen atoms in total. The normalized spacial score (nSPS) is 29.2. The van der Waals surface area contributed by atoms with Crippen LogP contribution in [0.25, 0.3) is 0 Å². The first-order valence-electron chi connectivity index (χ1n) is 5.84. The Morgan fingerprint density at radius 2 is 2.06 bits per heavy atom. The van der Waals surface area contributed by atoms with Crippen molar-refractivity contribution in [2.24, 2.45) is 0 Å². The molecule has 1 aromatic rings. The van der Waals surface area contributed by atoms with E-state index in [0.717, 1.165) is 5.56 Å². The molecule has 0 amide bonds. The predicted octanol–water partition coefficient (Wildman–Crippen LogP) is 2.04. The third kappa shape index (κ3) is 3.49. The van der Waals surface area contributed by atoms with Crippen molar-refractivity contribution in [1.29, 1.82) is 0 Å². The molecule has 0 aromatic heterocycles. The SMILES string of the molecule is O[C@H]1CC[C@@H](OCc2ccccc2)[C@H](CF)O1. The number of aliphatic hydroxyl groups excluding tert-OH is 1. The zero-order valence-electron chi connectivity index (χ0n) is 9.59. The van der Waals surface area contributed by atoms with Gasteiger partial charge in [-0.3, -0.25) is 0 Å². The van der Waals surface area contributed by atoms with Crippen LogP contribution >= 0.6 is 0 Å². The number of halogens is 1. The van der Waals surface area contributed by atoms with Crippen molar-refractivity contribution in [2.75, 3.05) is 6.67 Å². The van der Waals surface area contributed by atoms with Crippen molar-refractivity contribution in [3.05, 3.63) is 35.9 Å². The van der Waals surface area contributed by atoms with Crippen LogP contribution in [0.1, 0.15) is 18.4 Å². The highest BCUT2D eigenvalue weighted by atomic mass is 19.1. The van der Waals surface area contributed by atoms with Gasteiger partial charge in [0.15, 0.2) is 6.29 Å². The number of aliphatic hydroxyl groups is 1. The minimum absolute atomic E-state index is 0.274. The summed E-state index contributed by atoms with van der Waals surface area (Å²) in [6.45, 7) is -0.183. The maximum atomic E-state index is 12.7. The molecule has 0 radical (unpaired) electrons. The summed E-state index contributed by atoms with van der Waals surface area (Å²) in [4.78, 5) is 0. The molecular formula is C13H17FO3. The number of benzene rings is 1. The van der Waals surface area contributed by atoms with Crippen LogP contribution in [0.5, 0.6) is 0 Å². The summed E-state index contributed by atoms with van der Waals surface area (Å²) in [7, 11) is 0. The first-order chi connectivity index (χ1) is 8.29. The minimum atomic E-state index is -0.854. The second-order valence-electron chi connectivity index (χ2n) is 4.20. The van der Waals surface area contributed by atoms with Crippen LogP contribution in [0.15, 0.2) is 30.3 Å². The summed E-state index contributed by atoms with van der Waals surface area (Å²) in [6, 6.07) is 9.73. The number of hydrogen-bond donors (Lipinski definition) is 1. The Bertz CT molecular complexity index is 331. The van der Waals surface area contributed by atoms with Gasteiger partial charge >= 0.3 is 0 Å². The molecule has 1 N–H and O–H groups in total. The fraction of sp³-hybridized carbons (Fsp3) is 0.538. The lowest BCUT2D eigenvalue weighted by Crippen LogP contribution is -2.41. The fourth-order valence-corrected chi connectivity index (χ4v) is 1.95. The van der Waals surface area contributed by atoms with E-state index < -0.39 is 19.1 Å². The Balaban J connectivity index is 1.85. The number of hydrogen-bond acceptors (Lipinski definition) is 3. The molecule has 1 aliphatic heterocycles. The molecule has 1 saturated heterocycles. The Labute approximate surface area is 100 Å². The summed E-state index contributed by atoms with van der Waals surface area (Å²) in [5.41, 5.74) is 1.05. The van der Waals surface area contributed by atoms with Gasteiger partial charge in [-0.2, -0.15) is 0 Å². The van der Waals surface area contributed by atoms with Gasteiger partial charge in [0.05, 0.1) is 12.7 Å². The summed E-state index contributed by atoms with van der Waals surface area (Å²) in [5.74, 6) is 0. The average Bonchev–Trinajstić information content (AvgIpc) is 2.38. The molecule has 2 rings (SSSR count). The summed E-state index contributed by atoms with van der Waals surface area (Å²) < 4.78 is 23.4. The first kappa shape index (κ1) is 12.5. The quantitative estimate of drug-likeness (QED) is 0.875. The molecule has 0 bridgehead atoms. The molecule has 17 heavy (non-hydrogen) atoms. The lowest BCUT2D eigenvalue weighted by atomic mass is 10.1. The van der Waals surface area contributed by atoms with Gasteiger partial charge in [0.25, 0.3) is 0 Å². The third-order valence-electron chi connectivity index (χ3n) is 2.90. The molecule has 94 valence electrons. The van der Waals surface area contributed by atoms with Gasteiger partial charge in [-0.05, 0) is 12.0 Å². The van der Waals surface area contributed by atoms with E-state index in [1.807, 2.05) is 30.3 Å². The maximum Gasteiger partial charge on any atom is 0.155 e.